The molecule has 0 aromatic rings. The molecule has 1 fully saturated rings. The first-order valence-electron chi connectivity index (χ1n) is 5.42. The predicted molar refractivity (Wildman–Crippen MR) is 67.1 cm³/mol. The highest BCUT2D eigenvalue weighted by Crippen LogP contribution is 2.26. The van der Waals surface area contributed by atoms with E-state index in [1.165, 1.54) is 0 Å². The molecule has 1 saturated heterocycles. The van der Waals surface area contributed by atoms with Crippen molar-refractivity contribution in [1.29, 1.82) is 5.26 Å². The van der Waals surface area contributed by atoms with E-state index in [0.717, 1.165) is 0 Å². The molecule has 1 rings (SSSR count). The summed E-state index contributed by atoms with van der Waals surface area (Å²) in [6.45, 7) is 6.70. The lowest BCUT2D eigenvalue weighted by Gasteiger charge is -2.42. The summed E-state index contributed by atoms with van der Waals surface area (Å²) in [6.07, 6.45) is 2.20. The van der Waals surface area contributed by atoms with Crippen molar-refractivity contribution in [3.8, 4) is 6.07 Å². The van der Waals surface area contributed by atoms with Crippen molar-refractivity contribution in [2.75, 3.05) is 13.2 Å². The molecule has 1 heterocycles. The van der Waals surface area contributed by atoms with E-state index in [-0.39, 0.29) is 16.0 Å². The lowest BCUT2D eigenvalue weighted by molar-refractivity contribution is -0.0610. The first kappa shape index (κ1) is 14.3. The van der Waals surface area contributed by atoms with Crippen LogP contribution in [0.3, 0.4) is 0 Å². The largest absolute Gasteiger partial charge is 0.598 e. The molecule has 1 aliphatic rings. The van der Waals surface area contributed by atoms with Crippen LogP contribution < -0.4 is 10.5 Å². The monoisotopic (exact) mass is 257 g/mol. The number of allylic oxidation sites excluding steroid dienone is 1. The van der Waals surface area contributed by atoms with Gasteiger partial charge in [0.05, 0.1) is 13.2 Å². The summed E-state index contributed by atoms with van der Waals surface area (Å²) in [4.78, 5) is 0. The van der Waals surface area contributed by atoms with Crippen LogP contribution in [0.2, 0.25) is 0 Å². The third-order valence-electron chi connectivity index (χ3n) is 2.46. The lowest BCUT2D eigenvalue weighted by atomic mass is 9.94. The Morgan fingerprint density at radius 2 is 2.24 bits per heavy atom. The topological polar surface area (TPSA) is 94.1 Å². The second-order valence-corrected chi connectivity index (χ2v) is 7.20. The summed E-state index contributed by atoms with van der Waals surface area (Å²) in [5, 5.41) is 8.58. The van der Waals surface area contributed by atoms with Crippen LogP contribution in [-0.2, 0) is 16.1 Å². The molecule has 0 bridgehead atoms. The maximum Gasteiger partial charge on any atom is 0.136 e. The van der Waals surface area contributed by atoms with Crippen LogP contribution in [-0.4, -0.2) is 28.1 Å². The number of hydrogen-bond acceptors (Lipinski definition) is 5. The average molecular weight is 257 g/mol. The predicted octanol–water partition coefficient (Wildman–Crippen LogP) is 0.563. The number of ether oxygens (including phenoxy) is 1. The van der Waals surface area contributed by atoms with Gasteiger partial charge < -0.3 is 15.0 Å². The number of rotatable bonds is 4. The van der Waals surface area contributed by atoms with Crippen LogP contribution >= 0.6 is 0 Å². The second-order valence-electron chi connectivity index (χ2n) is 5.23. The summed E-state index contributed by atoms with van der Waals surface area (Å²) in [5.41, 5.74) is 5.26. The number of nitrogens with one attached hydrogen (secondary N) is 1. The van der Waals surface area contributed by atoms with Crippen LogP contribution in [0.4, 0.5) is 0 Å². The molecule has 0 aromatic carbocycles. The number of nitrogens with two attached hydrogens (primary N) is 1. The van der Waals surface area contributed by atoms with Crippen molar-refractivity contribution in [3.63, 3.8) is 0 Å². The standard InChI is InChI=1S/C11H19N3O2S/c1-10(2,3)17(15)14-11(7-16-8-11)5-4-9(13)6-12/h4,14H,5,7-8,13H2,1-3H3/b9-4+. The van der Waals surface area contributed by atoms with Crippen LogP contribution in [0, 0.1) is 11.3 Å². The number of nitrogens with zero attached hydrogens (tertiary/aromatic N) is 1. The summed E-state index contributed by atoms with van der Waals surface area (Å²) in [7, 11) is 0. The Morgan fingerprint density at radius 1 is 1.65 bits per heavy atom. The van der Waals surface area contributed by atoms with Crippen molar-refractivity contribution in [2.45, 2.75) is 37.5 Å². The van der Waals surface area contributed by atoms with Gasteiger partial charge in [-0.2, -0.15) is 5.26 Å². The van der Waals surface area contributed by atoms with Crippen LogP contribution in [0.15, 0.2) is 11.8 Å². The highest BCUT2D eigenvalue weighted by Gasteiger charge is 2.44. The maximum atomic E-state index is 12.0. The molecular formula is C11H19N3O2S. The molecule has 0 aromatic heterocycles. The van der Waals surface area contributed by atoms with Crippen LogP contribution in [0.5, 0.6) is 0 Å². The molecule has 1 aliphatic heterocycles. The molecular weight excluding hydrogens is 238 g/mol. The molecule has 1 atom stereocenters. The molecule has 0 radical (unpaired) electrons. The van der Waals surface area contributed by atoms with Gasteiger partial charge in [-0.1, -0.05) is 0 Å². The highest BCUT2D eigenvalue weighted by atomic mass is 32.2. The first-order valence-corrected chi connectivity index (χ1v) is 6.57. The first-order chi connectivity index (χ1) is 7.79. The van der Waals surface area contributed by atoms with Gasteiger partial charge in [0, 0.05) is 11.4 Å². The van der Waals surface area contributed by atoms with Crippen molar-refractivity contribution >= 4 is 11.4 Å². The van der Waals surface area contributed by atoms with Gasteiger partial charge in [0.15, 0.2) is 0 Å². The molecule has 0 saturated carbocycles. The molecule has 96 valence electrons. The number of hydrogen-bond donors (Lipinski definition) is 2. The minimum atomic E-state index is -1.16. The molecule has 5 nitrogen and oxygen atoms in total. The molecule has 0 aliphatic carbocycles. The van der Waals surface area contributed by atoms with Crippen molar-refractivity contribution in [2.24, 2.45) is 5.73 Å². The Morgan fingerprint density at radius 3 is 2.59 bits per heavy atom. The molecule has 3 N–H and O–H groups in total. The van der Waals surface area contributed by atoms with E-state index in [0.29, 0.717) is 19.6 Å². The normalized spacial score (nSPS) is 21.5. The quantitative estimate of drug-likeness (QED) is 0.567. The van der Waals surface area contributed by atoms with E-state index in [1.807, 2.05) is 26.8 Å². The Kier molecular flexibility index (Phi) is 4.44. The summed E-state index contributed by atoms with van der Waals surface area (Å²) < 4.78 is 19.9. The Hall–Kier alpha value is -0.740. The van der Waals surface area contributed by atoms with Crippen molar-refractivity contribution in [3.05, 3.63) is 11.8 Å². The fourth-order valence-electron chi connectivity index (χ4n) is 1.27. The highest BCUT2D eigenvalue weighted by molar-refractivity contribution is 7.90. The van der Waals surface area contributed by atoms with Gasteiger partial charge in [-0.15, -0.1) is 4.72 Å². The Balaban J connectivity index is 2.62. The minimum Gasteiger partial charge on any atom is -0.598 e. The maximum absolute atomic E-state index is 12.0. The zero-order valence-electron chi connectivity index (χ0n) is 10.4. The fraction of sp³-hybridized carbons (Fsp3) is 0.727. The van der Waals surface area contributed by atoms with Gasteiger partial charge in [0.25, 0.3) is 0 Å². The van der Waals surface area contributed by atoms with Crippen LogP contribution in [0.1, 0.15) is 27.2 Å². The molecule has 1 unspecified atom stereocenters. The Bertz CT molecular complexity index is 340. The van der Waals surface area contributed by atoms with E-state index in [2.05, 4.69) is 4.72 Å². The lowest BCUT2D eigenvalue weighted by Crippen LogP contribution is -2.64. The average Bonchev–Trinajstić information content (AvgIpc) is 2.19. The van der Waals surface area contributed by atoms with E-state index in [4.69, 9.17) is 15.7 Å². The van der Waals surface area contributed by atoms with Crippen molar-refractivity contribution < 1.29 is 9.29 Å². The molecule has 17 heavy (non-hydrogen) atoms. The summed E-state index contributed by atoms with van der Waals surface area (Å²) >= 11 is -1.16. The van der Waals surface area contributed by atoms with Gasteiger partial charge in [0.2, 0.25) is 0 Å². The SMILES string of the molecule is CC(C)(C)[S+]([O-])NC1(C/C=C(/N)C#N)COC1. The van der Waals surface area contributed by atoms with E-state index < -0.39 is 11.4 Å². The number of nitriles is 1. The molecule has 0 amide bonds. The van der Waals surface area contributed by atoms with Crippen LogP contribution in [0.25, 0.3) is 0 Å². The van der Waals surface area contributed by atoms with Gasteiger partial charge in [-0.25, -0.2) is 0 Å². The van der Waals surface area contributed by atoms with Crippen molar-refractivity contribution in [1.82, 2.24) is 4.72 Å². The van der Waals surface area contributed by atoms with Gasteiger partial charge >= 0.3 is 0 Å². The summed E-state index contributed by atoms with van der Waals surface area (Å²) in [6, 6.07) is 1.86. The smallest absolute Gasteiger partial charge is 0.136 e. The van der Waals surface area contributed by atoms with E-state index in [1.54, 1.807) is 6.08 Å². The third kappa shape index (κ3) is 3.89. The minimum absolute atomic E-state index is 0.180. The van der Waals surface area contributed by atoms with Gasteiger partial charge in [-0.3, -0.25) is 0 Å². The third-order valence-corrected chi connectivity index (χ3v) is 4.19. The zero-order chi connectivity index (χ0) is 13.1. The Labute approximate surface area is 105 Å². The fourth-order valence-corrected chi connectivity index (χ4v) is 2.17. The van der Waals surface area contributed by atoms with E-state index >= 15 is 0 Å². The van der Waals surface area contributed by atoms with E-state index in [9.17, 15) is 4.55 Å². The summed E-state index contributed by atoms with van der Waals surface area (Å²) in [5.74, 6) is 0. The molecule has 0 spiro atoms. The molecule has 6 heteroatoms. The van der Waals surface area contributed by atoms with Gasteiger partial charge in [0.1, 0.15) is 22.1 Å². The van der Waals surface area contributed by atoms with Gasteiger partial charge in [-0.05, 0) is 33.3 Å². The zero-order valence-corrected chi connectivity index (χ0v) is 11.3. The second kappa shape index (κ2) is 5.27.